The zero-order valence-electron chi connectivity index (χ0n) is 13.5. The minimum absolute atomic E-state index is 0.280. The molecule has 1 unspecified atom stereocenters. The van der Waals surface area contributed by atoms with Crippen LogP contribution in [0.15, 0.2) is 12.3 Å². The summed E-state index contributed by atoms with van der Waals surface area (Å²) in [6.45, 7) is 9.15. The molecule has 6 nitrogen and oxygen atoms in total. The van der Waals surface area contributed by atoms with Crippen LogP contribution in [0.2, 0.25) is 0 Å². The molecule has 0 saturated carbocycles. The van der Waals surface area contributed by atoms with Crippen LogP contribution in [0.4, 0.5) is 9.18 Å². The van der Waals surface area contributed by atoms with Gasteiger partial charge in [-0.15, -0.1) is 0 Å². The number of hydrogen-bond acceptors (Lipinski definition) is 5. The Hall–Kier alpha value is -1.67. The highest BCUT2D eigenvalue weighted by Gasteiger charge is 2.27. The molecule has 2 N–H and O–H groups in total. The fourth-order valence-electron chi connectivity index (χ4n) is 1.94. The number of nitrogens with zero attached hydrogens (tertiary/aromatic N) is 2. The van der Waals surface area contributed by atoms with Crippen LogP contribution in [-0.4, -0.2) is 45.3 Å². The number of hydrogen-bond donors (Lipinski definition) is 2. The Morgan fingerprint density at radius 3 is 2.55 bits per heavy atom. The van der Waals surface area contributed by atoms with E-state index in [2.05, 4.69) is 4.98 Å². The minimum atomic E-state index is -1.94. The van der Waals surface area contributed by atoms with Crippen molar-refractivity contribution in [3.8, 4) is 0 Å². The molecule has 0 aliphatic rings. The number of ether oxygens (including phenoxy) is 1. The third-order valence-electron chi connectivity index (χ3n) is 3.05. The van der Waals surface area contributed by atoms with Crippen molar-refractivity contribution in [1.82, 2.24) is 9.88 Å². The van der Waals surface area contributed by atoms with E-state index in [0.717, 1.165) is 6.20 Å². The lowest BCUT2D eigenvalue weighted by Gasteiger charge is -2.30. The van der Waals surface area contributed by atoms with E-state index in [0.29, 0.717) is 12.2 Å². The van der Waals surface area contributed by atoms with Crippen LogP contribution in [-0.2, 0) is 4.74 Å². The van der Waals surface area contributed by atoms with Gasteiger partial charge in [0.15, 0.2) is 0 Å². The van der Waals surface area contributed by atoms with Crippen LogP contribution in [0, 0.1) is 5.82 Å². The lowest BCUT2D eigenvalue weighted by atomic mass is 9.80. The second-order valence-electron chi connectivity index (χ2n) is 5.95. The molecule has 1 aromatic heterocycles. The Kier molecular flexibility index (Phi) is 5.90. The molecule has 0 aromatic carbocycles. The van der Waals surface area contributed by atoms with Crippen molar-refractivity contribution in [3.63, 3.8) is 0 Å². The van der Waals surface area contributed by atoms with Gasteiger partial charge in [0, 0.05) is 12.0 Å². The number of carbonyl (C=O) groups excluding carboxylic acids is 1. The fourth-order valence-corrected chi connectivity index (χ4v) is 1.94. The Bertz CT molecular complexity index is 534. The van der Waals surface area contributed by atoms with Gasteiger partial charge in [-0.2, -0.15) is 0 Å². The summed E-state index contributed by atoms with van der Waals surface area (Å²) in [7, 11) is -1.94. The molecule has 0 aliphatic heterocycles. The third kappa shape index (κ3) is 4.67. The summed E-state index contributed by atoms with van der Waals surface area (Å²) in [5.74, 6) is -0.814. The molecule has 0 bridgehead atoms. The van der Waals surface area contributed by atoms with Crippen LogP contribution in [0.3, 0.4) is 0 Å². The van der Waals surface area contributed by atoms with Crippen LogP contribution >= 0.6 is 0 Å². The summed E-state index contributed by atoms with van der Waals surface area (Å²) in [5, 5.41) is 18.3. The highest BCUT2D eigenvalue weighted by molar-refractivity contribution is 6.58. The van der Waals surface area contributed by atoms with Crippen molar-refractivity contribution < 1.29 is 24.0 Å². The molecule has 1 heterocycles. The number of carbonyl (C=O) groups is 1. The first kappa shape index (κ1) is 18.4. The standard InChI is InChI=1S/C14H22BFN2O4/c1-6-18(13(19)22-14(3,4)5)9(2)12-7-10(15(20)21)11(16)8-17-12/h7-9,20-21H,6H2,1-5H3. The summed E-state index contributed by atoms with van der Waals surface area (Å²) in [6.07, 6.45) is 0.392. The molecule has 0 fully saturated rings. The minimum Gasteiger partial charge on any atom is -0.444 e. The van der Waals surface area contributed by atoms with Crippen molar-refractivity contribution in [2.75, 3.05) is 6.54 Å². The van der Waals surface area contributed by atoms with E-state index in [1.54, 1.807) is 34.6 Å². The summed E-state index contributed by atoms with van der Waals surface area (Å²) in [4.78, 5) is 17.5. The van der Waals surface area contributed by atoms with E-state index in [-0.39, 0.29) is 5.46 Å². The summed E-state index contributed by atoms with van der Waals surface area (Å²) in [6, 6.07) is 0.732. The highest BCUT2D eigenvalue weighted by atomic mass is 19.1. The predicted molar refractivity (Wildman–Crippen MR) is 81.0 cm³/mol. The van der Waals surface area contributed by atoms with E-state index >= 15 is 0 Å². The molecule has 1 aromatic rings. The number of aromatic nitrogens is 1. The van der Waals surface area contributed by atoms with Crippen molar-refractivity contribution in [2.24, 2.45) is 0 Å². The van der Waals surface area contributed by atoms with Gasteiger partial charge in [0.2, 0.25) is 0 Å². The van der Waals surface area contributed by atoms with Gasteiger partial charge in [-0.05, 0) is 40.7 Å². The monoisotopic (exact) mass is 312 g/mol. The quantitative estimate of drug-likeness (QED) is 0.817. The first-order chi connectivity index (χ1) is 10.1. The first-order valence-electron chi connectivity index (χ1n) is 7.08. The Labute approximate surface area is 130 Å². The lowest BCUT2D eigenvalue weighted by molar-refractivity contribution is 0.0182. The molecule has 0 aliphatic carbocycles. The van der Waals surface area contributed by atoms with E-state index in [4.69, 9.17) is 14.8 Å². The van der Waals surface area contributed by atoms with Crippen molar-refractivity contribution in [2.45, 2.75) is 46.3 Å². The number of amides is 1. The fraction of sp³-hybridized carbons (Fsp3) is 0.571. The number of halogens is 1. The molecular formula is C14H22BFN2O4. The zero-order valence-corrected chi connectivity index (χ0v) is 13.5. The maximum atomic E-state index is 13.5. The molecule has 0 spiro atoms. The van der Waals surface area contributed by atoms with Crippen LogP contribution in [0.25, 0.3) is 0 Å². The van der Waals surface area contributed by atoms with Gasteiger partial charge in [-0.1, -0.05) is 0 Å². The summed E-state index contributed by atoms with van der Waals surface area (Å²) >= 11 is 0. The maximum Gasteiger partial charge on any atom is 0.491 e. The van der Waals surface area contributed by atoms with Gasteiger partial charge in [0.05, 0.1) is 17.9 Å². The first-order valence-corrected chi connectivity index (χ1v) is 7.08. The smallest absolute Gasteiger partial charge is 0.444 e. The van der Waals surface area contributed by atoms with Crippen LogP contribution < -0.4 is 5.46 Å². The van der Waals surface area contributed by atoms with E-state index in [1.165, 1.54) is 11.0 Å². The van der Waals surface area contributed by atoms with E-state index in [9.17, 15) is 9.18 Å². The van der Waals surface area contributed by atoms with E-state index < -0.39 is 30.7 Å². The molecule has 0 saturated heterocycles. The largest absolute Gasteiger partial charge is 0.491 e. The average molecular weight is 312 g/mol. The Balaban J connectivity index is 3.04. The maximum absolute atomic E-state index is 13.5. The predicted octanol–water partition coefficient (Wildman–Crippen LogP) is 1.22. The van der Waals surface area contributed by atoms with Gasteiger partial charge in [-0.3, -0.25) is 4.98 Å². The van der Waals surface area contributed by atoms with Crippen molar-refractivity contribution >= 4 is 18.7 Å². The van der Waals surface area contributed by atoms with Gasteiger partial charge >= 0.3 is 13.2 Å². The zero-order chi connectivity index (χ0) is 17.1. The van der Waals surface area contributed by atoms with Crippen molar-refractivity contribution in [1.29, 1.82) is 0 Å². The molecule has 1 atom stereocenters. The summed E-state index contributed by atoms with van der Waals surface area (Å²) in [5.41, 5.74) is -0.568. The molecule has 0 radical (unpaired) electrons. The number of rotatable bonds is 4. The second kappa shape index (κ2) is 7.06. The summed E-state index contributed by atoms with van der Waals surface area (Å²) < 4.78 is 18.8. The van der Waals surface area contributed by atoms with Gasteiger partial charge < -0.3 is 19.7 Å². The third-order valence-corrected chi connectivity index (χ3v) is 3.05. The topological polar surface area (TPSA) is 82.9 Å². The molecule has 1 rings (SSSR count). The Morgan fingerprint density at radius 2 is 2.09 bits per heavy atom. The molecule has 8 heteroatoms. The second-order valence-corrected chi connectivity index (χ2v) is 5.95. The highest BCUT2D eigenvalue weighted by Crippen LogP contribution is 2.20. The SMILES string of the molecule is CCN(C(=O)OC(C)(C)C)C(C)c1cc(B(O)O)c(F)cn1. The van der Waals surface area contributed by atoms with Gasteiger partial charge in [-0.25, -0.2) is 9.18 Å². The lowest BCUT2D eigenvalue weighted by Crippen LogP contribution is -2.39. The van der Waals surface area contributed by atoms with Crippen molar-refractivity contribution in [3.05, 3.63) is 23.8 Å². The van der Waals surface area contributed by atoms with E-state index in [1.807, 2.05) is 0 Å². The molecule has 1 amide bonds. The van der Waals surface area contributed by atoms with Gasteiger partial charge in [0.1, 0.15) is 11.4 Å². The van der Waals surface area contributed by atoms with Crippen LogP contribution in [0.5, 0.6) is 0 Å². The van der Waals surface area contributed by atoms with Gasteiger partial charge in [0.25, 0.3) is 0 Å². The van der Waals surface area contributed by atoms with Crippen LogP contribution in [0.1, 0.15) is 46.4 Å². The molecule has 22 heavy (non-hydrogen) atoms. The Morgan fingerprint density at radius 1 is 1.50 bits per heavy atom. The number of pyridine rings is 1. The normalized spacial score (nSPS) is 12.7. The average Bonchev–Trinajstić information content (AvgIpc) is 2.37. The molecule has 122 valence electrons. The molecular weight excluding hydrogens is 290 g/mol.